The minimum atomic E-state index is -0.765. The normalized spacial score (nSPS) is 18.5. The molecule has 0 saturated carbocycles. The summed E-state index contributed by atoms with van der Waals surface area (Å²) in [4.78, 5) is 26.7. The van der Waals surface area contributed by atoms with E-state index in [2.05, 4.69) is 5.32 Å². The van der Waals surface area contributed by atoms with Crippen LogP contribution in [0.15, 0.2) is 30.3 Å². The van der Waals surface area contributed by atoms with Gasteiger partial charge in [-0.05, 0) is 31.2 Å². The van der Waals surface area contributed by atoms with Crippen LogP contribution in [-0.2, 0) is 9.59 Å². The van der Waals surface area contributed by atoms with Gasteiger partial charge in [-0.1, -0.05) is 11.6 Å². The zero-order chi connectivity index (χ0) is 18.1. The van der Waals surface area contributed by atoms with E-state index in [1.807, 2.05) is 13.0 Å². The van der Waals surface area contributed by atoms with Crippen LogP contribution in [0.3, 0.4) is 0 Å². The van der Waals surface area contributed by atoms with Crippen LogP contribution in [0, 0.1) is 17.6 Å². The molecular weight excluding hydrogens is 370 g/mol. The number of thiophene rings is 1. The number of hydrogen-bond donors (Lipinski definition) is 1. The zero-order valence-corrected chi connectivity index (χ0v) is 14.8. The lowest BCUT2D eigenvalue weighted by Gasteiger charge is -2.18. The van der Waals surface area contributed by atoms with Crippen molar-refractivity contribution in [3.05, 3.63) is 51.2 Å². The summed E-state index contributed by atoms with van der Waals surface area (Å²) >= 11 is 7.26. The minimum Gasteiger partial charge on any atom is -0.348 e. The molecule has 4 nitrogen and oxygen atoms in total. The number of nitrogens with one attached hydrogen (secondary N) is 1. The topological polar surface area (TPSA) is 49.4 Å². The number of rotatable bonds is 4. The lowest BCUT2D eigenvalue weighted by molar-refractivity contribution is -0.126. The van der Waals surface area contributed by atoms with Crippen LogP contribution >= 0.6 is 22.9 Å². The molecule has 1 aliphatic heterocycles. The molecule has 3 rings (SSSR count). The lowest BCUT2D eigenvalue weighted by Crippen LogP contribution is -2.34. The first-order valence-electron chi connectivity index (χ1n) is 7.65. The summed E-state index contributed by atoms with van der Waals surface area (Å²) < 4.78 is 27.3. The first-order chi connectivity index (χ1) is 11.8. The first kappa shape index (κ1) is 17.8. The number of benzene rings is 1. The molecule has 1 aliphatic rings. The molecule has 1 aromatic heterocycles. The van der Waals surface area contributed by atoms with Crippen LogP contribution in [-0.4, -0.2) is 18.4 Å². The van der Waals surface area contributed by atoms with Crippen molar-refractivity contribution >= 4 is 40.4 Å². The van der Waals surface area contributed by atoms with Gasteiger partial charge in [0.15, 0.2) is 0 Å². The fraction of sp³-hybridized carbons (Fsp3) is 0.294. The summed E-state index contributed by atoms with van der Waals surface area (Å²) in [6.07, 6.45) is 0.00187. The average molecular weight is 385 g/mol. The Balaban J connectivity index is 1.68. The highest BCUT2D eigenvalue weighted by atomic mass is 35.5. The average Bonchev–Trinajstić information content (AvgIpc) is 3.12. The Bertz CT molecular complexity index is 806. The number of carbonyl (C=O) groups excluding carboxylic acids is 2. The number of hydrogen-bond acceptors (Lipinski definition) is 3. The Labute approximate surface area is 152 Å². The molecule has 1 saturated heterocycles. The van der Waals surface area contributed by atoms with Gasteiger partial charge in [-0.15, -0.1) is 11.3 Å². The van der Waals surface area contributed by atoms with Gasteiger partial charge in [-0.25, -0.2) is 8.78 Å². The first-order valence-corrected chi connectivity index (χ1v) is 8.85. The second-order valence-corrected chi connectivity index (χ2v) is 7.65. The molecule has 1 aromatic carbocycles. The quantitative estimate of drug-likeness (QED) is 0.868. The third-order valence-electron chi connectivity index (χ3n) is 4.03. The SMILES string of the molecule is CC(NC(=O)C1CC(=O)N(c2cc(F)cc(F)c2)C1)c1ccc(Cl)s1. The number of anilines is 1. The monoisotopic (exact) mass is 384 g/mol. The van der Waals surface area contributed by atoms with E-state index in [1.54, 1.807) is 6.07 Å². The van der Waals surface area contributed by atoms with E-state index in [0.29, 0.717) is 4.34 Å². The van der Waals surface area contributed by atoms with E-state index >= 15 is 0 Å². The summed E-state index contributed by atoms with van der Waals surface area (Å²) in [5.74, 6) is -2.71. The molecule has 1 N–H and O–H groups in total. The van der Waals surface area contributed by atoms with Gasteiger partial charge in [-0.2, -0.15) is 0 Å². The maximum atomic E-state index is 13.4. The Kier molecular flexibility index (Phi) is 5.06. The van der Waals surface area contributed by atoms with Crippen LogP contribution in [0.1, 0.15) is 24.3 Å². The molecule has 25 heavy (non-hydrogen) atoms. The summed E-state index contributed by atoms with van der Waals surface area (Å²) in [6.45, 7) is 1.92. The van der Waals surface area contributed by atoms with Crippen molar-refractivity contribution < 1.29 is 18.4 Å². The van der Waals surface area contributed by atoms with Gasteiger partial charge in [0.05, 0.1) is 16.3 Å². The van der Waals surface area contributed by atoms with Gasteiger partial charge >= 0.3 is 0 Å². The van der Waals surface area contributed by atoms with Crippen molar-refractivity contribution in [2.24, 2.45) is 5.92 Å². The van der Waals surface area contributed by atoms with Crippen LogP contribution in [0.25, 0.3) is 0 Å². The highest BCUT2D eigenvalue weighted by molar-refractivity contribution is 7.16. The van der Waals surface area contributed by atoms with E-state index in [0.717, 1.165) is 23.1 Å². The lowest BCUT2D eigenvalue weighted by atomic mass is 10.1. The van der Waals surface area contributed by atoms with Gasteiger partial charge in [0.25, 0.3) is 0 Å². The smallest absolute Gasteiger partial charge is 0.227 e. The molecule has 0 radical (unpaired) electrons. The standard InChI is InChI=1S/C17H15ClF2N2O2S/c1-9(14-2-3-15(18)25-14)21-17(24)10-4-16(23)22(8-10)13-6-11(19)5-12(20)7-13/h2-3,5-7,9-10H,4,8H2,1H3,(H,21,24). The number of nitrogens with zero attached hydrogens (tertiary/aromatic N) is 1. The molecule has 0 aliphatic carbocycles. The maximum absolute atomic E-state index is 13.4. The highest BCUT2D eigenvalue weighted by Crippen LogP contribution is 2.29. The Morgan fingerprint density at radius 2 is 2.00 bits per heavy atom. The molecule has 2 atom stereocenters. The Morgan fingerprint density at radius 3 is 2.60 bits per heavy atom. The van der Waals surface area contributed by atoms with Gasteiger partial charge in [0, 0.05) is 29.6 Å². The summed E-state index contributed by atoms with van der Waals surface area (Å²) in [5.41, 5.74) is 0.121. The summed E-state index contributed by atoms with van der Waals surface area (Å²) in [7, 11) is 0. The number of halogens is 3. The van der Waals surface area contributed by atoms with Gasteiger partial charge in [0.1, 0.15) is 11.6 Å². The molecule has 2 aromatic rings. The summed E-state index contributed by atoms with van der Waals surface area (Å²) in [6, 6.07) is 6.25. The Hall–Kier alpha value is -1.99. The predicted molar refractivity (Wildman–Crippen MR) is 92.7 cm³/mol. The number of amides is 2. The van der Waals surface area contributed by atoms with Gasteiger partial charge in [0.2, 0.25) is 11.8 Å². The largest absolute Gasteiger partial charge is 0.348 e. The van der Waals surface area contributed by atoms with Crippen molar-refractivity contribution in [3.8, 4) is 0 Å². The molecule has 8 heteroatoms. The second-order valence-electron chi connectivity index (χ2n) is 5.91. The van der Waals surface area contributed by atoms with E-state index < -0.39 is 17.6 Å². The molecule has 0 bridgehead atoms. The van der Waals surface area contributed by atoms with Crippen LogP contribution in [0.4, 0.5) is 14.5 Å². The zero-order valence-electron chi connectivity index (χ0n) is 13.3. The van der Waals surface area contributed by atoms with E-state index in [1.165, 1.54) is 16.2 Å². The van der Waals surface area contributed by atoms with Crippen molar-refractivity contribution in [1.82, 2.24) is 5.32 Å². The molecular formula is C17H15ClF2N2O2S. The predicted octanol–water partition coefficient (Wildman–Crippen LogP) is 3.91. The molecule has 1 fully saturated rings. The van der Waals surface area contributed by atoms with E-state index in [4.69, 9.17) is 11.6 Å². The highest BCUT2D eigenvalue weighted by Gasteiger charge is 2.36. The summed E-state index contributed by atoms with van der Waals surface area (Å²) in [5, 5.41) is 2.85. The van der Waals surface area contributed by atoms with Crippen molar-refractivity contribution in [2.45, 2.75) is 19.4 Å². The second kappa shape index (κ2) is 7.09. The maximum Gasteiger partial charge on any atom is 0.227 e. The number of carbonyl (C=O) groups is 2. The van der Waals surface area contributed by atoms with Crippen LogP contribution in [0.2, 0.25) is 4.34 Å². The third kappa shape index (κ3) is 3.99. The van der Waals surface area contributed by atoms with E-state index in [-0.39, 0.29) is 36.5 Å². The molecule has 132 valence electrons. The van der Waals surface area contributed by atoms with Crippen LogP contribution < -0.4 is 10.2 Å². The third-order valence-corrected chi connectivity index (χ3v) is 5.45. The molecule has 0 spiro atoms. The minimum absolute atomic E-state index is 0.00187. The van der Waals surface area contributed by atoms with Crippen molar-refractivity contribution in [1.29, 1.82) is 0 Å². The molecule has 2 amide bonds. The fourth-order valence-corrected chi connectivity index (χ4v) is 3.85. The van der Waals surface area contributed by atoms with Gasteiger partial charge < -0.3 is 10.2 Å². The Morgan fingerprint density at radius 1 is 1.32 bits per heavy atom. The van der Waals surface area contributed by atoms with Crippen molar-refractivity contribution in [2.75, 3.05) is 11.4 Å². The van der Waals surface area contributed by atoms with Crippen molar-refractivity contribution in [3.63, 3.8) is 0 Å². The molecule has 2 heterocycles. The fourth-order valence-electron chi connectivity index (χ4n) is 2.79. The molecule has 2 unspecified atom stereocenters. The van der Waals surface area contributed by atoms with E-state index in [9.17, 15) is 18.4 Å². The van der Waals surface area contributed by atoms with Gasteiger partial charge in [-0.3, -0.25) is 9.59 Å². The van der Waals surface area contributed by atoms with Crippen LogP contribution in [0.5, 0.6) is 0 Å².